The number of rotatable bonds is 2. The Hall–Kier alpha value is -1.61. The third kappa shape index (κ3) is 1.74. The van der Waals surface area contributed by atoms with Crippen LogP contribution in [0.5, 0.6) is 5.75 Å². The van der Waals surface area contributed by atoms with Gasteiger partial charge in [0.15, 0.2) is 0 Å². The van der Waals surface area contributed by atoms with E-state index in [4.69, 9.17) is 4.74 Å². The van der Waals surface area contributed by atoms with Gasteiger partial charge in [0.2, 0.25) is 0 Å². The lowest BCUT2D eigenvalue weighted by Crippen LogP contribution is -1.97. The number of fused-ring (bicyclic) bond motifs is 1. The van der Waals surface area contributed by atoms with E-state index in [1.165, 1.54) is 0 Å². The van der Waals surface area contributed by atoms with Crippen LogP contribution in [0, 0.1) is 6.92 Å². The van der Waals surface area contributed by atoms with Gasteiger partial charge in [0.25, 0.3) is 0 Å². The van der Waals surface area contributed by atoms with E-state index in [1.807, 2.05) is 31.2 Å². The van der Waals surface area contributed by atoms with Crippen LogP contribution < -0.4 is 4.74 Å². The number of aliphatic hydroxyl groups excluding tert-OH is 1. The summed E-state index contributed by atoms with van der Waals surface area (Å²) in [6, 6.07) is 7.64. The topological polar surface area (TPSA) is 42.4 Å². The zero-order valence-electron chi connectivity index (χ0n) is 9.69. The molecule has 0 saturated heterocycles. The highest BCUT2D eigenvalue weighted by Gasteiger charge is 2.11. The molecule has 1 N–H and O–H groups in total. The Bertz CT molecular complexity index is 521. The number of aliphatic hydroxyl groups is 1. The van der Waals surface area contributed by atoms with E-state index in [-0.39, 0.29) is 0 Å². The minimum atomic E-state index is -0.503. The molecule has 0 amide bonds. The molecule has 0 radical (unpaired) electrons. The number of methoxy groups -OCH3 is 1. The van der Waals surface area contributed by atoms with Gasteiger partial charge in [-0.25, -0.2) is 4.98 Å². The number of hydrogen-bond acceptors (Lipinski definition) is 3. The van der Waals surface area contributed by atoms with E-state index in [2.05, 4.69) is 4.98 Å². The average molecular weight is 217 g/mol. The van der Waals surface area contributed by atoms with Crippen LogP contribution in [-0.2, 0) is 0 Å². The lowest BCUT2D eigenvalue weighted by Gasteiger charge is -2.12. The van der Waals surface area contributed by atoms with Crippen LogP contribution in [0.2, 0.25) is 0 Å². The fraction of sp³-hybridized carbons (Fsp3) is 0.308. The van der Waals surface area contributed by atoms with Crippen LogP contribution in [-0.4, -0.2) is 17.2 Å². The van der Waals surface area contributed by atoms with E-state index >= 15 is 0 Å². The summed E-state index contributed by atoms with van der Waals surface area (Å²) in [5.41, 5.74) is 2.58. The van der Waals surface area contributed by atoms with Gasteiger partial charge >= 0.3 is 0 Å². The molecular formula is C13H15NO2. The van der Waals surface area contributed by atoms with Gasteiger partial charge in [-0.15, -0.1) is 0 Å². The number of benzene rings is 1. The second kappa shape index (κ2) is 4.10. The number of hydrogen-bond donors (Lipinski definition) is 1. The first-order valence-electron chi connectivity index (χ1n) is 5.26. The summed E-state index contributed by atoms with van der Waals surface area (Å²) in [6.07, 6.45) is -0.503. The summed E-state index contributed by atoms with van der Waals surface area (Å²) in [5, 5.41) is 10.7. The maximum Gasteiger partial charge on any atom is 0.145 e. The molecule has 0 saturated carbocycles. The van der Waals surface area contributed by atoms with E-state index in [1.54, 1.807) is 14.0 Å². The van der Waals surface area contributed by atoms with Crippen LogP contribution in [0.1, 0.15) is 24.3 Å². The zero-order valence-corrected chi connectivity index (χ0v) is 9.69. The Labute approximate surface area is 94.7 Å². The van der Waals surface area contributed by atoms with Crippen molar-refractivity contribution in [3.63, 3.8) is 0 Å². The number of aryl methyl sites for hydroxylation is 1. The summed E-state index contributed by atoms with van der Waals surface area (Å²) < 4.78 is 5.27. The first-order valence-corrected chi connectivity index (χ1v) is 5.26. The number of nitrogens with zero attached hydrogens (tertiary/aromatic N) is 1. The molecule has 2 rings (SSSR count). The van der Waals surface area contributed by atoms with E-state index < -0.39 is 6.10 Å². The molecule has 1 unspecified atom stereocenters. The van der Waals surface area contributed by atoms with Gasteiger partial charge in [0.05, 0.1) is 13.2 Å². The fourth-order valence-corrected chi connectivity index (χ4v) is 1.89. The van der Waals surface area contributed by atoms with Crippen LogP contribution in [0.4, 0.5) is 0 Å². The van der Waals surface area contributed by atoms with Crippen molar-refractivity contribution in [2.75, 3.05) is 7.11 Å². The zero-order chi connectivity index (χ0) is 11.7. The van der Waals surface area contributed by atoms with Gasteiger partial charge in [-0.05, 0) is 31.5 Å². The maximum atomic E-state index is 9.74. The van der Waals surface area contributed by atoms with Crippen LogP contribution in [0.25, 0.3) is 10.9 Å². The molecule has 0 fully saturated rings. The van der Waals surface area contributed by atoms with Crippen LogP contribution in [0.3, 0.4) is 0 Å². The molecule has 0 aliphatic rings. The quantitative estimate of drug-likeness (QED) is 0.840. The molecule has 3 heteroatoms. The van der Waals surface area contributed by atoms with Crippen LogP contribution in [0.15, 0.2) is 24.3 Å². The highest BCUT2D eigenvalue weighted by atomic mass is 16.5. The molecule has 0 aliphatic carbocycles. The van der Waals surface area contributed by atoms with Crippen molar-refractivity contribution < 1.29 is 9.84 Å². The van der Waals surface area contributed by atoms with Crippen molar-refractivity contribution in [3.8, 4) is 5.75 Å². The summed E-state index contributed by atoms with van der Waals surface area (Å²) in [7, 11) is 1.63. The Balaban J connectivity index is 2.83. The summed E-state index contributed by atoms with van der Waals surface area (Å²) in [5.74, 6) is 0.739. The van der Waals surface area contributed by atoms with Gasteiger partial charge < -0.3 is 9.84 Å². The molecule has 1 aromatic heterocycles. The van der Waals surface area contributed by atoms with Crippen molar-refractivity contribution in [1.82, 2.24) is 4.98 Å². The van der Waals surface area contributed by atoms with Crippen molar-refractivity contribution >= 4 is 10.9 Å². The Morgan fingerprint density at radius 3 is 2.75 bits per heavy atom. The monoisotopic (exact) mass is 217 g/mol. The van der Waals surface area contributed by atoms with Crippen molar-refractivity contribution in [2.24, 2.45) is 0 Å². The van der Waals surface area contributed by atoms with E-state index in [0.717, 1.165) is 27.9 Å². The van der Waals surface area contributed by atoms with Gasteiger partial charge in [-0.1, -0.05) is 12.1 Å². The number of para-hydroxylation sites is 1. The molecule has 1 aromatic carbocycles. The van der Waals surface area contributed by atoms with E-state index in [0.29, 0.717) is 0 Å². The smallest absolute Gasteiger partial charge is 0.145 e. The second-order valence-corrected chi connectivity index (χ2v) is 3.89. The summed E-state index contributed by atoms with van der Waals surface area (Å²) in [4.78, 5) is 4.45. The average Bonchev–Trinajstić information content (AvgIpc) is 2.27. The second-order valence-electron chi connectivity index (χ2n) is 3.89. The number of pyridine rings is 1. The third-order valence-electron chi connectivity index (χ3n) is 2.63. The Morgan fingerprint density at radius 1 is 1.38 bits per heavy atom. The normalized spacial score (nSPS) is 12.8. The van der Waals surface area contributed by atoms with Gasteiger partial charge in [0.1, 0.15) is 11.3 Å². The fourth-order valence-electron chi connectivity index (χ4n) is 1.89. The standard InChI is InChI=1S/C13H15NO2/c1-8-7-11(9(2)15)10-5-4-6-12(16-3)13(10)14-8/h4-7,9,15H,1-3H3. The SMILES string of the molecule is COc1cccc2c(C(C)O)cc(C)nc12. The Kier molecular flexibility index (Phi) is 2.79. The number of ether oxygens (including phenoxy) is 1. The van der Waals surface area contributed by atoms with Gasteiger partial charge in [-0.2, -0.15) is 0 Å². The highest BCUT2D eigenvalue weighted by Crippen LogP contribution is 2.29. The van der Waals surface area contributed by atoms with Crippen molar-refractivity contribution in [1.29, 1.82) is 0 Å². The Morgan fingerprint density at radius 2 is 2.12 bits per heavy atom. The van der Waals surface area contributed by atoms with Gasteiger partial charge in [0, 0.05) is 11.1 Å². The molecule has 1 atom stereocenters. The largest absolute Gasteiger partial charge is 0.494 e. The molecule has 2 aromatic rings. The minimum Gasteiger partial charge on any atom is -0.494 e. The van der Waals surface area contributed by atoms with Crippen molar-refractivity contribution in [3.05, 3.63) is 35.5 Å². The first-order chi connectivity index (χ1) is 7.63. The number of aromatic nitrogens is 1. The molecule has 0 spiro atoms. The molecule has 0 bridgehead atoms. The van der Waals surface area contributed by atoms with Gasteiger partial charge in [-0.3, -0.25) is 0 Å². The van der Waals surface area contributed by atoms with E-state index in [9.17, 15) is 5.11 Å². The van der Waals surface area contributed by atoms with Crippen LogP contribution >= 0.6 is 0 Å². The molecule has 84 valence electrons. The highest BCUT2D eigenvalue weighted by molar-refractivity contribution is 5.87. The predicted octanol–water partition coefficient (Wildman–Crippen LogP) is 2.61. The third-order valence-corrected chi connectivity index (χ3v) is 2.63. The molecule has 1 heterocycles. The molecule has 0 aliphatic heterocycles. The maximum absolute atomic E-state index is 9.74. The molecular weight excluding hydrogens is 202 g/mol. The lowest BCUT2D eigenvalue weighted by atomic mass is 10.0. The lowest BCUT2D eigenvalue weighted by molar-refractivity contribution is 0.200. The molecule has 16 heavy (non-hydrogen) atoms. The minimum absolute atomic E-state index is 0.503. The molecule has 3 nitrogen and oxygen atoms in total. The predicted molar refractivity (Wildman–Crippen MR) is 63.7 cm³/mol. The summed E-state index contributed by atoms with van der Waals surface area (Å²) >= 11 is 0. The van der Waals surface area contributed by atoms with Crippen molar-refractivity contribution in [2.45, 2.75) is 20.0 Å². The summed E-state index contributed by atoms with van der Waals surface area (Å²) in [6.45, 7) is 3.67. The first kappa shape index (κ1) is 10.9.